The SMILES string of the molecule is CC(C)c1ccc(-c2nnc(-n3[se]c4ccccc4c3=O)o2)cc1. The van der Waals surface area contributed by atoms with Crippen LogP contribution in [0.1, 0.15) is 25.3 Å². The molecule has 0 saturated heterocycles. The zero-order chi connectivity index (χ0) is 16.7. The van der Waals surface area contributed by atoms with Gasteiger partial charge in [-0.1, -0.05) is 0 Å². The Morgan fingerprint density at radius 3 is 2.50 bits per heavy atom. The van der Waals surface area contributed by atoms with Crippen LogP contribution >= 0.6 is 0 Å². The van der Waals surface area contributed by atoms with Crippen molar-refractivity contribution in [2.24, 2.45) is 0 Å². The summed E-state index contributed by atoms with van der Waals surface area (Å²) in [4.78, 5) is 12.5. The number of benzene rings is 2. The number of nitrogens with zero attached hydrogens (tertiary/aromatic N) is 3. The van der Waals surface area contributed by atoms with Crippen LogP contribution in [0.4, 0.5) is 0 Å². The van der Waals surface area contributed by atoms with E-state index >= 15 is 0 Å². The molecule has 5 nitrogen and oxygen atoms in total. The summed E-state index contributed by atoms with van der Waals surface area (Å²) in [5.74, 6) is 0.903. The average molecular weight is 384 g/mol. The number of rotatable bonds is 3. The molecule has 0 atom stereocenters. The van der Waals surface area contributed by atoms with E-state index in [0.29, 0.717) is 11.8 Å². The van der Waals surface area contributed by atoms with Crippen molar-refractivity contribution in [3.05, 3.63) is 64.4 Å². The molecule has 0 amide bonds. The van der Waals surface area contributed by atoms with Crippen LogP contribution in [0, 0.1) is 0 Å². The van der Waals surface area contributed by atoms with Crippen molar-refractivity contribution < 1.29 is 4.42 Å². The van der Waals surface area contributed by atoms with Gasteiger partial charge in [-0.15, -0.1) is 0 Å². The Kier molecular flexibility index (Phi) is 3.71. The third-order valence-electron chi connectivity index (χ3n) is 3.90. The van der Waals surface area contributed by atoms with Gasteiger partial charge in [0.15, 0.2) is 0 Å². The molecular weight excluding hydrogens is 369 g/mol. The first kappa shape index (κ1) is 15.1. The first-order valence-electron chi connectivity index (χ1n) is 7.69. The van der Waals surface area contributed by atoms with E-state index in [1.165, 1.54) is 5.56 Å². The topological polar surface area (TPSA) is 60.9 Å². The maximum atomic E-state index is 12.5. The zero-order valence-electron chi connectivity index (χ0n) is 13.3. The summed E-state index contributed by atoms with van der Waals surface area (Å²) in [7, 11) is 0. The van der Waals surface area contributed by atoms with Crippen molar-refractivity contribution in [2.45, 2.75) is 19.8 Å². The molecule has 0 aliphatic rings. The maximum absolute atomic E-state index is 12.5. The van der Waals surface area contributed by atoms with Gasteiger partial charge in [0.2, 0.25) is 0 Å². The van der Waals surface area contributed by atoms with E-state index < -0.39 is 0 Å². The van der Waals surface area contributed by atoms with Crippen molar-refractivity contribution in [2.75, 3.05) is 0 Å². The van der Waals surface area contributed by atoms with E-state index in [2.05, 4.69) is 36.2 Å². The Balaban J connectivity index is 1.74. The second-order valence-corrected chi connectivity index (χ2v) is 7.93. The molecule has 2 aromatic heterocycles. The summed E-state index contributed by atoms with van der Waals surface area (Å²) in [6, 6.07) is 15.9. The van der Waals surface area contributed by atoms with Crippen LogP contribution < -0.4 is 5.56 Å². The molecule has 120 valence electrons. The van der Waals surface area contributed by atoms with Crippen molar-refractivity contribution in [3.63, 3.8) is 0 Å². The molecular formula is C18H15N3O2Se. The van der Waals surface area contributed by atoms with Crippen LogP contribution in [0.5, 0.6) is 0 Å². The van der Waals surface area contributed by atoms with Crippen molar-refractivity contribution in [3.8, 4) is 17.5 Å². The van der Waals surface area contributed by atoms with E-state index in [9.17, 15) is 4.79 Å². The fraction of sp³-hybridized carbons (Fsp3) is 0.167. The summed E-state index contributed by atoms with van der Waals surface area (Å²) in [6.07, 6.45) is 0. The second kappa shape index (κ2) is 5.89. The Hall–Kier alpha value is -2.43. The molecule has 0 unspecified atom stereocenters. The number of aromatic nitrogens is 3. The van der Waals surface area contributed by atoms with E-state index in [-0.39, 0.29) is 26.3 Å². The first-order chi connectivity index (χ1) is 11.6. The Morgan fingerprint density at radius 2 is 1.79 bits per heavy atom. The molecule has 0 bridgehead atoms. The molecule has 0 fully saturated rings. The van der Waals surface area contributed by atoms with Gasteiger partial charge in [0, 0.05) is 0 Å². The molecule has 0 saturated carbocycles. The summed E-state index contributed by atoms with van der Waals surface area (Å²) in [6.45, 7) is 4.30. The third kappa shape index (κ3) is 2.54. The normalized spacial score (nSPS) is 11.5. The standard InChI is InChI=1S/C18H15N3O2Se/c1-11(2)12-7-9-13(10-8-12)16-19-20-18(23-16)21-17(22)14-5-3-4-6-15(14)24-21/h3-11H,1-2H3. The van der Waals surface area contributed by atoms with E-state index in [0.717, 1.165) is 15.2 Å². The Morgan fingerprint density at radius 1 is 1.04 bits per heavy atom. The number of hydrogen-bond acceptors (Lipinski definition) is 4. The molecule has 0 aliphatic heterocycles. The van der Waals surface area contributed by atoms with Gasteiger partial charge in [-0.3, -0.25) is 0 Å². The molecule has 0 spiro atoms. The Labute approximate surface area is 144 Å². The van der Waals surface area contributed by atoms with Crippen LogP contribution in [0.25, 0.3) is 27.1 Å². The molecule has 2 aromatic carbocycles. The van der Waals surface area contributed by atoms with Gasteiger partial charge in [-0.25, -0.2) is 0 Å². The van der Waals surface area contributed by atoms with Crippen molar-refractivity contribution >= 4 is 24.4 Å². The minimum atomic E-state index is -0.168. The average Bonchev–Trinajstić information content (AvgIpc) is 3.20. The molecule has 4 aromatic rings. The minimum absolute atomic E-state index is 0.0732. The fourth-order valence-corrected chi connectivity index (χ4v) is 4.46. The zero-order valence-corrected chi connectivity index (χ0v) is 15.0. The van der Waals surface area contributed by atoms with Crippen LogP contribution in [0.3, 0.4) is 0 Å². The van der Waals surface area contributed by atoms with E-state index in [4.69, 9.17) is 4.42 Å². The molecule has 0 radical (unpaired) electrons. The predicted octanol–water partition coefficient (Wildman–Crippen LogP) is 3.22. The van der Waals surface area contributed by atoms with Gasteiger partial charge < -0.3 is 0 Å². The number of fused-ring (bicyclic) bond motifs is 1. The molecule has 6 heteroatoms. The van der Waals surface area contributed by atoms with Crippen molar-refractivity contribution in [1.82, 2.24) is 13.8 Å². The summed E-state index contributed by atoms with van der Waals surface area (Å²) < 4.78 is 8.37. The third-order valence-corrected chi connectivity index (χ3v) is 6.12. The van der Waals surface area contributed by atoms with E-state index in [1.54, 1.807) is 3.56 Å². The molecule has 4 rings (SSSR count). The van der Waals surface area contributed by atoms with Gasteiger partial charge in [0.05, 0.1) is 0 Å². The number of hydrogen-bond donors (Lipinski definition) is 0. The van der Waals surface area contributed by atoms with Crippen LogP contribution in [-0.2, 0) is 0 Å². The predicted molar refractivity (Wildman–Crippen MR) is 93.9 cm³/mol. The second-order valence-electron chi connectivity index (χ2n) is 5.85. The van der Waals surface area contributed by atoms with Gasteiger partial charge in [0.1, 0.15) is 0 Å². The van der Waals surface area contributed by atoms with E-state index in [1.807, 2.05) is 36.4 Å². The summed E-state index contributed by atoms with van der Waals surface area (Å²) >= 11 is -0.168. The van der Waals surface area contributed by atoms with Gasteiger partial charge >= 0.3 is 144 Å². The summed E-state index contributed by atoms with van der Waals surface area (Å²) in [5.41, 5.74) is 2.04. The molecule has 0 N–H and O–H groups in total. The Bertz CT molecular complexity index is 1060. The van der Waals surface area contributed by atoms with Gasteiger partial charge in [0.25, 0.3) is 0 Å². The van der Waals surface area contributed by atoms with Crippen molar-refractivity contribution in [1.29, 1.82) is 0 Å². The van der Waals surface area contributed by atoms with Crippen LogP contribution in [0.15, 0.2) is 57.7 Å². The first-order valence-corrected chi connectivity index (χ1v) is 9.31. The quantitative estimate of drug-likeness (QED) is 0.509. The molecule has 24 heavy (non-hydrogen) atoms. The monoisotopic (exact) mass is 385 g/mol. The van der Waals surface area contributed by atoms with Gasteiger partial charge in [-0.2, -0.15) is 0 Å². The van der Waals surface area contributed by atoms with Gasteiger partial charge in [-0.05, 0) is 0 Å². The molecule has 2 heterocycles. The summed E-state index contributed by atoms with van der Waals surface area (Å²) in [5, 5.41) is 8.89. The fourth-order valence-electron chi connectivity index (χ4n) is 2.52. The molecule has 0 aliphatic carbocycles. The van der Waals surface area contributed by atoms with Crippen LogP contribution in [0.2, 0.25) is 0 Å². The van der Waals surface area contributed by atoms with Crippen LogP contribution in [-0.4, -0.2) is 28.5 Å².